The number of anilines is 1. The predicted octanol–water partition coefficient (Wildman–Crippen LogP) is 4.57. The molecule has 3 aromatic rings. The van der Waals surface area contributed by atoms with Gasteiger partial charge >= 0.3 is 5.97 Å². The molecule has 1 N–H and O–H groups in total. The highest BCUT2D eigenvalue weighted by molar-refractivity contribution is 6.08. The summed E-state index contributed by atoms with van der Waals surface area (Å²) in [6.07, 6.45) is 0. The van der Waals surface area contributed by atoms with E-state index in [0.29, 0.717) is 5.56 Å². The van der Waals surface area contributed by atoms with E-state index in [2.05, 4.69) is 5.32 Å². The van der Waals surface area contributed by atoms with Crippen LogP contribution in [0.5, 0.6) is 0 Å². The van der Waals surface area contributed by atoms with Gasteiger partial charge in [-0.3, -0.25) is 9.59 Å². The first kappa shape index (κ1) is 20.9. The number of carbonyl (C=O) groups is 3. The Morgan fingerprint density at radius 2 is 1.63 bits per heavy atom. The molecule has 30 heavy (non-hydrogen) atoms. The van der Waals surface area contributed by atoms with Gasteiger partial charge in [0.05, 0.1) is 11.3 Å². The average molecular weight is 409 g/mol. The number of carbonyl (C=O) groups excluding carboxylic acids is 3. The Morgan fingerprint density at radius 3 is 2.37 bits per heavy atom. The smallest absolute Gasteiger partial charge is 0.340 e. The lowest BCUT2D eigenvalue weighted by Crippen LogP contribution is -2.18. The van der Waals surface area contributed by atoms with Crippen LogP contribution in [0.25, 0.3) is 0 Å². The molecule has 0 aliphatic carbocycles. The first-order valence-electron chi connectivity index (χ1n) is 8.97. The summed E-state index contributed by atoms with van der Waals surface area (Å²) in [6.45, 7) is 1.19. The Kier molecular flexibility index (Phi) is 6.32. The second-order valence-corrected chi connectivity index (χ2v) is 6.50. The molecule has 0 saturated carbocycles. The fraction of sp³-hybridized carbons (Fsp3) is 0.0870. The van der Waals surface area contributed by atoms with E-state index >= 15 is 0 Å². The van der Waals surface area contributed by atoms with E-state index in [1.54, 1.807) is 30.3 Å². The molecule has 0 unspecified atom stereocenters. The van der Waals surface area contributed by atoms with Gasteiger partial charge in [0.25, 0.3) is 5.91 Å². The highest BCUT2D eigenvalue weighted by atomic mass is 19.2. The Balaban J connectivity index is 1.70. The van der Waals surface area contributed by atoms with Crippen molar-refractivity contribution in [3.05, 3.63) is 101 Å². The number of hydrogen-bond acceptors (Lipinski definition) is 4. The number of halogens is 2. The van der Waals surface area contributed by atoms with Gasteiger partial charge in [0.1, 0.15) is 0 Å². The summed E-state index contributed by atoms with van der Waals surface area (Å²) in [4.78, 5) is 37.0. The van der Waals surface area contributed by atoms with Gasteiger partial charge in [0, 0.05) is 11.1 Å². The van der Waals surface area contributed by atoms with Crippen molar-refractivity contribution in [1.82, 2.24) is 0 Å². The van der Waals surface area contributed by atoms with Gasteiger partial charge in [-0.15, -0.1) is 0 Å². The molecule has 0 bridgehead atoms. The molecule has 0 aromatic heterocycles. The number of ether oxygens (including phenoxy) is 1. The SMILES string of the molecule is Cc1cccc(C(=O)Nc2ccccc2C(=O)OCC(=O)c2ccc(F)c(F)c2)c1. The number of esters is 1. The van der Waals surface area contributed by atoms with E-state index in [1.165, 1.54) is 12.1 Å². The summed E-state index contributed by atoms with van der Waals surface area (Å²) in [5, 5.41) is 2.65. The number of nitrogens with one attached hydrogen (secondary N) is 1. The molecule has 3 aromatic carbocycles. The normalized spacial score (nSPS) is 10.4. The van der Waals surface area contributed by atoms with Crippen molar-refractivity contribution in [2.24, 2.45) is 0 Å². The van der Waals surface area contributed by atoms with Crippen LogP contribution in [0, 0.1) is 18.6 Å². The van der Waals surface area contributed by atoms with Gasteiger partial charge in [-0.1, -0.05) is 29.8 Å². The average Bonchev–Trinajstić information content (AvgIpc) is 2.74. The Bertz CT molecular complexity index is 1130. The molecule has 0 fully saturated rings. The molecule has 0 spiro atoms. The zero-order valence-electron chi connectivity index (χ0n) is 15.9. The van der Waals surface area contributed by atoms with E-state index in [4.69, 9.17) is 4.74 Å². The predicted molar refractivity (Wildman–Crippen MR) is 107 cm³/mol. The summed E-state index contributed by atoms with van der Waals surface area (Å²) in [6, 6.07) is 15.8. The maximum absolute atomic E-state index is 13.3. The molecule has 0 heterocycles. The lowest BCUT2D eigenvalue weighted by molar-refractivity contribution is 0.0475. The molecule has 0 radical (unpaired) electrons. The standard InChI is InChI=1S/C23H17F2NO4/c1-14-5-4-6-16(11-14)22(28)26-20-8-3-2-7-17(20)23(29)30-13-21(27)15-9-10-18(24)19(25)12-15/h2-12H,13H2,1H3,(H,26,28). The molecule has 1 amide bonds. The summed E-state index contributed by atoms with van der Waals surface area (Å²) >= 11 is 0. The minimum Gasteiger partial charge on any atom is -0.454 e. The van der Waals surface area contributed by atoms with Crippen molar-refractivity contribution in [2.45, 2.75) is 6.92 Å². The molecule has 7 heteroatoms. The third kappa shape index (κ3) is 4.94. The summed E-state index contributed by atoms with van der Waals surface area (Å²) in [5.41, 5.74) is 1.48. The molecule has 3 rings (SSSR count). The molecule has 0 atom stereocenters. The maximum Gasteiger partial charge on any atom is 0.340 e. The van der Waals surface area contributed by atoms with Gasteiger partial charge in [0.2, 0.25) is 0 Å². The first-order valence-corrected chi connectivity index (χ1v) is 8.97. The number of ketones is 1. The highest BCUT2D eigenvalue weighted by Gasteiger charge is 2.18. The van der Waals surface area contributed by atoms with Gasteiger partial charge < -0.3 is 10.1 Å². The zero-order chi connectivity index (χ0) is 21.7. The number of benzene rings is 3. The fourth-order valence-electron chi connectivity index (χ4n) is 2.71. The largest absolute Gasteiger partial charge is 0.454 e. The molecular formula is C23H17F2NO4. The number of amides is 1. The molecule has 0 aliphatic rings. The topological polar surface area (TPSA) is 72.5 Å². The van der Waals surface area contributed by atoms with E-state index in [-0.39, 0.29) is 16.8 Å². The maximum atomic E-state index is 13.3. The third-order valence-electron chi connectivity index (χ3n) is 4.25. The minimum absolute atomic E-state index is 0.0524. The van der Waals surface area contributed by atoms with E-state index in [1.807, 2.05) is 13.0 Å². The summed E-state index contributed by atoms with van der Waals surface area (Å²) < 4.78 is 31.3. The van der Waals surface area contributed by atoms with Crippen LogP contribution in [0.1, 0.15) is 36.6 Å². The van der Waals surface area contributed by atoms with Crippen molar-refractivity contribution in [3.63, 3.8) is 0 Å². The van der Waals surface area contributed by atoms with Crippen LogP contribution in [0.15, 0.2) is 66.7 Å². The summed E-state index contributed by atoms with van der Waals surface area (Å²) in [5.74, 6) is -4.19. The lowest BCUT2D eigenvalue weighted by Gasteiger charge is -2.11. The van der Waals surface area contributed by atoms with Crippen LogP contribution in [-0.4, -0.2) is 24.3 Å². The lowest BCUT2D eigenvalue weighted by atomic mass is 10.1. The van der Waals surface area contributed by atoms with E-state index in [9.17, 15) is 23.2 Å². The first-order chi connectivity index (χ1) is 14.3. The second kappa shape index (κ2) is 9.09. The molecule has 0 saturated heterocycles. The van der Waals surface area contributed by atoms with Gasteiger partial charge in [0.15, 0.2) is 24.0 Å². The van der Waals surface area contributed by atoms with Crippen molar-refractivity contribution in [2.75, 3.05) is 11.9 Å². The van der Waals surface area contributed by atoms with Crippen molar-refractivity contribution < 1.29 is 27.9 Å². The highest BCUT2D eigenvalue weighted by Crippen LogP contribution is 2.18. The van der Waals surface area contributed by atoms with Crippen LogP contribution in [0.4, 0.5) is 14.5 Å². The van der Waals surface area contributed by atoms with Gasteiger partial charge in [-0.25, -0.2) is 13.6 Å². The van der Waals surface area contributed by atoms with E-state index in [0.717, 1.165) is 23.8 Å². The van der Waals surface area contributed by atoms with Crippen LogP contribution in [0.2, 0.25) is 0 Å². The number of hydrogen-bond donors (Lipinski definition) is 1. The van der Waals surface area contributed by atoms with Gasteiger partial charge in [-0.2, -0.15) is 0 Å². The third-order valence-corrected chi connectivity index (χ3v) is 4.25. The zero-order valence-corrected chi connectivity index (χ0v) is 15.9. The van der Waals surface area contributed by atoms with Gasteiger partial charge in [-0.05, 0) is 49.4 Å². The minimum atomic E-state index is -1.17. The fourth-order valence-corrected chi connectivity index (χ4v) is 2.71. The number of Topliss-reactive ketones (excluding diaryl/α,β-unsaturated/α-hetero) is 1. The Morgan fingerprint density at radius 1 is 0.867 bits per heavy atom. The van der Waals surface area contributed by atoms with Crippen LogP contribution in [-0.2, 0) is 4.74 Å². The van der Waals surface area contributed by atoms with Crippen LogP contribution < -0.4 is 5.32 Å². The number of para-hydroxylation sites is 1. The number of aryl methyl sites for hydroxylation is 1. The van der Waals surface area contributed by atoms with Crippen molar-refractivity contribution in [1.29, 1.82) is 0 Å². The summed E-state index contributed by atoms with van der Waals surface area (Å²) in [7, 11) is 0. The number of rotatable bonds is 6. The second-order valence-electron chi connectivity index (χ2n) is 6.50. The Hall–Kier alpha value is -3.87. The van der Waals surface area contributed by atoms with Crippen LogP contribution >= 0.6 is 0 Å². The van der Waals surface area contributed by atoms with E-state index < -0.39 is 35.9 Å². The van der Waals surface area contributed by atoms with Crippen molar-refractivity contribution >= 4 is 23.3 Å². The Labute approximate surface area is 171 Å². The van der Waals surface area contributed by atoms with Crippen LogP contribution in [0.3, 0.4) is 0 Å². The molecule has 5 nitrogen and oxygen atoms in total. The van der Waals surface area contributed by atoms with Crippen molar-refractivity contribution in [3.8, 4) is 0 Å². The molecule has 0 aliphatic heterocycles. The molecular weight excluding hydrogens is 392 g/mol. The monoisotopic (exact) mass is 409 g/mol. The molecule has 152 valence electrons. The quantitative estimate of drug-likeness (QED) is 0.478.